The first-order valence-electron chi connectivity index (χ1n) is 14.1. The minimum absolute atomic E-state index is 0.0611. The second-order valence-electron chi connectivity index (χ2n) is 10.5. The van der Waals surface area contributed by atoms with Gasteiger partial charge in [-0.15, -0.1) is 0 Å². The van der Waals surface area contributed by atoms with Gasteiger partial charge in [0.1, 0.15) is 12.6 Å². The zero-order valence-corrected chi connectivity index (χ0v) is 25.4. The van der Waals surface area contributed by atoms with E-state index in [1.54, 1.807) is 37.3 Å². The molecule has 42 heavy (non-hydrogen) atoms. The summed E-state index contributed by atoms with van der Waals surface area (Å²) in [6, 6.07) is 19.7. The van der Waals surface area contributed by atoms with Gasteiger partial charge in [0.05, 0.1) is 24.8 Å². The minimum atomic E-state index is -4.23. The van der Waals surface area contributed by atoms with E-state index in [2.05, 4.69) is 5.32 Å². The summed E-state index contributed by atoms with van der Waals surface area (Å²) in [5, 5.41) is 3.09. The van der Waals surface area contributed by atoms with Crippen LogP contribution in [0.2, 0.25) is 0 Å². The maximum absolute atomic E-state index is 14.1. The Morgan fingerprint density at radius 1 is 0.929 bits per heavy atom. The molecule has 0 saturated heterocycles. The van der Waals surface area contributed by atoms with Crippen LogP contribution in [0.25, 0.3) is 0 Å². The fourth-order valence-electron chi connectivity index (χ4n) is 5.21. The van der Waals surface area contributed by atoms with E-state index in [0.29, 0.717) is 11.4 Å². The molecule has 1 N–H and O–H groups in total. The summed E-state index contributed by atoms with van der Waals surface area (Å²) in [5.41, 5.74) is 2.18. The van der Waals surface area contributed by atoms with Gasteiger partial charge in [0.25, 0.3) is 10.0 Å². The van der Waals surface area contributed by atoms with Gasteiger partial charge in [-0.1, -0.05) is 60.9 Å². The van der Waals surface area contributed by atoms with Crippen LogP contribution >= 0.6 is 0 Å². The largest absolute Gasteiger partial charge is 0.493 e. The molecule has 2 amide bonds. The molecule has 0 aliphatic heterocycles. The van der Waals surface area contributed by atoms with Crippen molar-refractivity contribution in [3.63, 3.8) is 0 Å². The zero-order chi connectivity index (χ0) is 30.3. The third kappa shape index (κ3) is 7.23. The van der Waals surface area contributed by atoms with Crippen LogP contribution in [0.1, 0.15) is 43.7 Å². The number of carbonyl (C=O) groups excluding carboxylic acids is 2. The molecule has 1 aliphatic rings. The number of hydrogen-bond acceptors (Lipinski definition) is 6. The summed E-state index contributed by atoms with van der Waals surface area (Å²) in [7, 11) is -1.34. The number of sulfonamides is 1. The van der Waals surface area contributed by atoms with Crippen LogP contribution in [0.5, 0.6) is 11.5 Å². The molecule has 1 unspecified atom stereocenters. The molecule has 0 aromatic heterocycles. The summed E-state index contributed by atoms with van der Waals surface area (Å²) in [4.78, 5) is 28.8. The molecule has 1 fully saturated rings. The van der Waals surface area contributed by atoms with Gasteiger partial charge >= 0.3 is 0 Å². The molecule has 0 heterocycles. The lowest BCUT2D eigenvalue weighted by Gasteiger charge is -2.32. The van der Waals surface area contributed by atoms with Gasteiger partial charge in [0, 0.05) is 18.7 Å². The van der Waals surface area contributed by atoms with Crippen molar-refractivity contribution in [1.29, 1.82) is 0 Å². The Hall–Kier alpha value is -4.05. The lowest BCUT2D eigenvalue weighted by molar-refractivity contribution is -0.139. The molecule has 9 nitrogen and oxygen atoms in total. The van der Waals surface area contributed by atoms with Crippen molar-refractivity contribution >= 4 is 27.5 Å². The third-order valence-electron chi connectivity index (χ3n) is 7.57. The van der Waals surface area contributed by atoms with Crippen molar-refractivity contribution in [2.24, 2.45) is 0 Å². The molecule has 0 bridgehead atoms. The summed E-state index contributed by atoms with van der Waals surface area (Å²) in [5.74, 6) is -0.128. The molecule has 3 aromatic carbocycles. The molecule has 0 spiro atoms. The molecule has 224 valence electrons. The van der Waals surface area contributed by atoms with Crippen molar-refractivity contribution in [1.82, 2.24) is 10.2 Å². The Balaban J connectivity index is 1.69. The number of benzene rings is 3. The molecular weight excluding hydrogens is 554 g/mol. The van der Waals surface area contributed by atoms with Crippen molar-refractivity contribution in [3.8, 4) is 11.5 Å². The van der Waals surface area contributed by atoms with E-state index in [4.69, 9.17) is 9.47 Å². The van der Waals surface area contributed by atoms with Crippen LogP contribution in [0, 0.1) is 6.92 Å². The number of ether oxygens (including phenoxy) is 2. The van der Waals surface area contributed by atoms with Gasteiger partial charge in [-0.25, -0.2) is 8.42 Å². The molecule has 1 saturated carbocycles. The van der Waals surface area contributed by atoms with Crippen LogP contribution < -0.4 is 19.1 Å². The highest BCUT2D eigenvalue weighted by Gasteiger charge is 2.33. The van der Waals surface area contributed by atoms with E-state index in [1.807, 2.05) is 31.2 Å². The topological polar surface area (TPSA) is 105 Å². The molecule has 3 aromatic rings. The van der Waals surface area contributed by atoms with E-state index >= 15 is 0 Å². The second-order valence-corrected chi connectivity index (χ2v) is 12.4. The number of amides is 2. The number of nitrogens with one attached hydrogen (secondary N) is 1. The van der Waals surface area contributed by atoms with Crippen LogP contribution in [0.15, 0.2) is 77.7 Å². The number of aryl methyl sites for hydroxylation is 1. The van der Waals surface area contributed by atoms with Crippen molar-refractivity contribution in [2.45, 2.75) is 63.1 Å². The van der Waals surface area contributed by atoms with Crippen molar-refractivity contribution < 1.29 is 27.5 Å². The second kappa shape index (κ2) is 13.7. The Morgan fingerprint density at radius 3 is 2.26 bits per heavy atom. The van der Waals surface area contributed by atoms with Crippen molar-refractivity contribution in [3.05, 3.63) is 83.9 Å². The first-order chi connectivity index (χ1) is 20.1. The van der Waals surface area contributed by atoms with E-state index in [1.165, 1.54) is 37.3 Å². The average Bonchev–Trinajstić information content (AvgIpc) is 3.51. The highest BCUT2D eigenvalue weighted by molar-refractivity contribution is 7.92. The Morgan fingerprint density at radius 2 is 1.62 bits per heavy atom. The number of nitrogens with zero attached hydrogens (tertiary/aromatic N) is 2. The fourth-order valence-corrected chi connectivity index (χ4v) is 6.64. The number of methoxy groups -OCH3 is 2. The SMILES string of the molecule is COc1ccc(S(=O)(=O)N(CC(=O)N(Cc2cccc(C)c2)C(C)C(=O)NC2CCCC2)c2ccccc2)cc1OC. The minimum Gasteiger partial charge on any atom is -0.493 e. The van der Waals surface area contributed by atoms with Gasteiger partial charge in [0.2, 0.25) is 11.8 Å². The van der Waals surface area contributed by atoms with E-state index in [9.17, 15) is 18.0 Å². The van der Waals surface area contributed by atoms with Gasteiger partial charge < -0.3 is 19.7 Å². The number of para-hydroxylation sites is 1. The Kier molecular flexibility index (Phi) is 10.1. The van der Waals surface area contributed by atoms with Gasteiger partial charge in [0.15, 0.2) is 11.5 Å². The van der Waals surface area contributed by atoms with E-state index in [0.717, 1.165) is 41.1 Å². The first-order valence-corrected chi connectivity index (χ1v) is 15.5. The maximum atomic E-state index is 14.1. The smallest absolute Gasteiger partial charge is 0.264 e. The molecule has 1 aliphatic carbocycles. The summed E-state index contributed by atoms with van der Waals surface area (Å²) < 4.78 is 39.8. The van der Waals surface area contributed by atoms with Crippen LogP contribution in [-0.4, -0.2) is 58.0 Å². The lowest BCUT2D eigenvalue weighted by Crippen LogP contribution is -2.52. The maximum Gasteiger partial charge on any atom is 0.264 e. The normalized spacial score (nSPS) is 14.2. The fraction of sp³-hybridized carbons (Fsp3) is 0.375. The molecule has 4 rings (SSSR count). The number of rotatable bonds is 12. The summed E-state index contributed by atoms with van der Waals surface area (Å²) in [6.45, 7) is 3.29. The zero-order valence-electron chi connectivity index (χ0n) is 24.6. The standard InChI is InChI=1S/C32H39N3O6S/c1-23-11-10-12-25(19-23)21-34(24(2)32(37)33-26-13-8-9-14-26)31(36)22-35(27-15-6-5-7-16-27)42(38,39)28-17-18-29(40-3)30(20-28)41-4/h5-7,10-12,15-20,24,26H,8-9,13-14,21-22H2,1-4H3,(H,33,37). The predicted octanol–water partition coefficient (Wildman–Crippen LogP) is 4.68. The lowest BCUT2D eigenvalue weighted by atomic mass is 10.1. The van der Waals surface area contributed by atoms with Crippen LogP contribution in [0.4, 0.5) is 5.69 Å². The van der Waals surface area contributed by atoms with E-state index in [-0.39, 0.29) is 29.1 Å². The number of hydrogen-bond donors (Lipinski definition) is 1. The first kappa shape index (κ1) is 30.9. The van der Waals surface area contributed by atoms with Gasteiger partial charge in [-0.2, -0.15) is 0 Å². The predicted molar refractivity (Wildman–Crippen MR) is 162 cm³/mol. The van der Waals surface area contributed by atoms with Gasteiger partial charge in [-0.3, -0.25) is 13.9 Å². The monoisotopic (exact) mass is 593 g/mol. The highest BCUT2D eigenvalue weighted by atomic mass is 32.2. The average molecular weight is 594 g/mol. The Bertz CT molecular complexity index is 1490. The highest BCUT2D eigenvalue weighted by Crippen LogP contribution is 2.32. The molecule has 0 radical (unpaired) electrons. The van der Waals surface area contributed by atoms with Crippen molar-refractivity contribution in [2.75, 3.05) is 25.1 Å². The summed E-state index contributed by atoms with van der Waals surface area (Å²) >= 11 is 0. The Labute approximate surface area is 248 Å². The molecular formula is C32H39N3O6S. The van der Waals surface area contributed by atoms with Crippen LogP contribution in [0.3, 0.4) is 0 Å². The summed E-state index contributed by atoms with van der Waals surface area (Å²) in [6.07, 6.45) is 3.95. The number of anilines is 1. The van der Waals surface area contributed by atoms with Gasteiger partial charge in [-0.05, 0) is 56.5 Å². The number of carbonyl (C=O) groups is 2. The van der Waals surface area contributed by atoms with E-state index < -0.39 is 28.5 Å². The quantitative estimate of drug-likeness (QED) is 0.327. The third-order valence-corrected chi connectivity index (χ3v) is 9.34. The van der Waals surface area contributed by atoms with Crippen LogP contribution in [-0.2, 0) is 26.2 Å². The molecule has 10 heteroatoms. The molecule has 1 atom stereocenters.